The topological polar surface area (TPSA) is 41.6 Å². The van der Waals surface area contributed by atoms with Crippen LogP contribution in [0.15, 0.2) is 48.5 Å². The van der Waals surface area contributed by atoms with E-state index in [1.165, 1.54) is 17.7 Å². The minimum atomic E-state index is -0.257. The van der Waals surface area contributed by atoms with E-state index in [0.717, 1.165) is 43.8 Å². The molecule has 3 rings (SSSR count). The zero-order valence-corrected chi connectivity index (χ0v) is 16.7. The third-order valence-electron chi connectivity index (χ3n) is 5.40. The van der Waals surface area contributed by atoms with Crippen LogP contribution in [-0.4, -0.2) is 37.0 Å². The number of para-hydroxylation sites is 1. The number of hydrogen-bond acceptors (Lipinski definition) is 3. The lowest BCUT2D eigenvalue weighted by molar-refractivity contribution is -0.125. The molecule has 28 heavy (non-hydrogen) atoms. The SMILES string of the molecule is COc1ccccc1CN1CCC(NC(=O)C(C)Cc2cccc(F)c2)CC1. The van der Waals surface area contributed by atoms with Crippen LogP contribution in [0.3, 0.4) is 0 Å². The van der Waals surface area contributed by atoms with E-state index in [9.17, 15) is 9.18 Å². The van der Waals surface area contributed by atoms with Crippen LogP contribution < -0.4 is 10.1 Å². The quantitative estimate of drug-likeness (QED) is 0.790. The predicted molar refractivity (Wildman–Crippen MR) is 109 cm³/mol. The minimum absolute atomic E-state index is 0.0486. The number of benzene rings is 2. The van der Waals surface area contributed by atoms with E-state index in [1.54, 1.807) is 13.2 Å². The van der Waals surface area contributed by atoms with Crippen molar-refractivity contribution in [3.05, 3.63) is 65.5 Å². The molecule has 0 spiro atoms. The highest BCUT2D eigenvalue weighted by atomic mass is 19.1. The molecule has 1 fully saturated rings. The van der Waals surface area contributed by atoms with Crippen LogP contribution in [0.1, 0.15) is 30.9 Å². The molecule has 2 aromatic rings. The van der Waals surface area contributed by atoms with Gasteiger partial charge in [-0.05, 0) is 43.0 Å². The van der Waals surface area contributed by atoms with Crippen LogP contribution in [0.25, 0.3) is 0 Å². The van der Waals surface area contributed by atoms with Crippen molar-refractivity contribution in [3.63, 3.8) is 0 Å². The van der Waals surface area contributed by atoms with Crippen LogP contribution in [0.5, 0.6) is 5.75 Å². The summed E-state index contributed by atoms with van der Waals surface area (Å²) in [7, 11) is 1.70. The Labute approximate surface area is 166 Å². The summed E-state index contributed by atoms with van der Waals surface area (Å²) in [6.07, 6.45) is 2.43. The van der Waals surface area contributed by atoms with Gasteiger partial charge in [0.15, 0.2) is 0 Å². The van der Waals surface area contributed by atoms with E-state index in [4.69, 9.17) is 4.74 Å². The van der Waals surface area contributed by atoms with Gasteiger partial charge in [-0.25, -0.2) is 4.39 Å². The summed E-state index contributed by atoms with van der Waals surface area (Å²) in [6.45, 7) is 4.65. The predicted octanol–water partition coefficient (Wildman–Crippen LogP) is 3.79. The summed E-state index contributed by atoms with van der Waals surface area (Å²) in [6, 6.07) is 14.8. The average Bonchev–Trinajstić information content (AvgIpc) is 2.70. The molecule has 0 radical (unpaired) electrons. The number of halogens is 1. The molecule has 1 N–H and O–H groups in total. The van der Waals surface area contributed by atoms with E-state index < -0.39 is 0 Å². The van der Waals surface area contributed by atoms with Crippen molar-refractivity contribution in [2.45, 2.75) is 38.8 Å². The highest BCUT2D eigenvalue weighted by molar-refractivity contribution is 5.78. The van der Waals surface area contributed by atoms with Crippen molar-refractivity contribution in [2.24, 2.45) is 5.92 Å². The maximum Gasteiger partial charge on any atom is 0.223 e. The Hall–Kier alpha value is -2.40. The lowest BCUT2D eigenvalue weighted by Gasteiger charge is -2.33. The molecule has 1 aliphatic heterocycles. The van der Waals surface area contributed by atoms with Crippen LogP contribution in [0, 0.1) is 11.7 Å². The van der Waals surface area contributed by atoms with Gasteiger partial charge in [-0.3, -0.25) is 9.69 Å². The van der Waals surface area contributed by atoms with Gasteiger partial charge in [0.2, 0.25) is 5.91 Å². The third-order valence-corrected chi connectivity index (χ3v) is 5.40. The molecule has 0 saturated carbocycles. The van der Waals surface area contributed by atoms with Gasteiger partial charge in [0.1, 0.15) is 11.6 Å². The number of ether oxygens (including phenoxy) is 1. The van der Waals surface area contributed by atoms with Gasteiger partial charge in [-0.2, -0.15) is 0 Å². The second kappa shape index (κ2) is 9.69. The number of nitrogens with one attached hydrogen (secondary N) is 1. The molecular weight excluding hydrogens is 355 g/mol. The third kappa shape index (κ3) is 5.55. The highest BCUT2D eigenvalue weighted by Crippen LogP contribution is 2.21. The minimum Gasteiger partial charge on any atom is -0.496 e. The van der Waals surface area contributed by atoms with Gasteiger partial charge >= 0.3 is 0 Å². The zero-order valence-electron chi connectivity index (χ0n) is 16.7. The summed E-state index contributed by atoms with van der Waals surface area (Å²) >= 11 is 0. The molecule has 0 aliphatic carbocycles. The molecular formula is C23H29FN2O2. The first kappa shape index (κ1) is 20.3. The summed E-state index contributed by atoms with van der Waals surface area (Å²) < 4.78 is 18.8. The number of likely N-dealkylation sites (tertiary alicyclic amines) is 1. The van der Waals surface area contributed by atoms with Gasteiger partial charge in [0.05, 0.1) is 7.11 Å². The Kier molecular flexibility index (Phi) is 7.04. The number of piperidine rings is 1. The molecule has 1 heterocycles. The van der Waals surface area contributed by atoms with Crippen LogP contribution in [0.2, 0.25) is 0 Å². The van der Waals surface area contributed by atoms with E-state index in [-0.39, 0.29) is 23.7 Å². The lowest BCUT2D eigenvalue weighted by Crippen LogP contribution is -2.46. The number of carbonyl (C=O) groups is 1. The first-order valence-corrected chi connectivity index (χ1v) is 9.94. The molecule has 1 atom stereocenters. The van der Waals surface area contributed by atoms with Crippen molar-refractivity contribution < 1.29 is 13.9 Å². The number of carbonyl (C=O) groups excluding carboxylic acids is 1. The molecule has 150 valence electrons. The monoisotopic (exact) mass is 384 g/mol. The van der Waals surface area contributed by atoms with Crippen molar-refractivity contribution >= 4 is 5.91 Å². The van der Waals surface area contributed by atoms with E-state index >= 15 is 0 Å². The molecule has 1 aliphatic rings. The van der Waals surface area contributed by atoms with Crippen molar-refractivity contribution in [1.29, 1.82) is 0 Å². The maximum atomic E-state index is 13.3. The molecule has 1 amide bonds. The number of amides is 1. The number of hydrogen-bond donors (Lipinski definition) is 1. The molecule has 1 unspecified atom stereocenters. The average molecular weight is 384 g/mol. The van der Waals surface area contributed by atoms with Crippen molar-refractivity contribution in [2.75, 3.05) is 20.2 Å². The van der Waals surface area contributed by atoms with Gasteiger partial charge in [-0.15, -0.1) is 0 Å². The fourth-order valence-corrected chi connectivity index (χ4v) is 3.76. The molecule has 1 saturated heterocycles. The largest absolute Gasteiger partial charge is 0.496 e. The van der Waals surface area contributed by atoms with Gasteiger partial charge in [-0.1, -0.05) is 37.3 Å². The lowest BCUT2D eigenvalue weighted by atomic mass is 9.98. The second-order valence-electron chi connectivity index (χ2n) is 7.61. The Balaban J connectivity index is 1.45. The van der Waals surface area contributed by atoms with E-state index in [1.807, 2.05) is 31.2 Å². The highest BCUT2D eigenvalue weighted by Gasteiger charge is 2.23. The standard InChI is InChI=1S/C23H29FN2O2/c1-17(14-18-6-5-8-20(24)15-18)23(27)25-21-10-12-26(13-11-21)16-19-7-3-4-9-22(19)28-2/h3-9,15,17,21H,10-14,16H2,1-2H3,(H,25,27). The molecule has 5 heteroatoms. The fraction of sp³-hybridized carbons (Fsp3) is 0.435. The first-order valence-electron chi connectivity index (χ1n) is 9.94. The second-order valence-corrected chi connectivity index (χ2v) is 7.61. The summed E-state index contributed by atoms with van der Waals surface area (Å²) in [5.74, 6) is 0.539. The van der Waals surface area contributed by atoms with Gasteiger partial charge in [0.25, 0.3) is 0 Å². The summed E-state index contributed by atoms with van der Waals surface area (Å²) in [5.41, 5.74) is 2.05. The Bertz CT molecular complexity index is 788. The van der Waals surface area contributed by atoms with E-state index in [2.05, 4.69) is 16.3 Å². The fourth-order valence-electron chi connectivity index (χ4n) is 3.76. The smallest absolute Gasteiger partial charge is 0.223 e. The normalized spacial score (nSPS) is 16.5. The summed E-state index contributed by atoms with van der Waals surface area (Å²) in [5, 5.41) is 3.18. The maximum absolute atomic E-state index is 13.3. The van der Waals surface area contributed by atoms with Crippen LogP contribution >= 0.6 is 0 Å². The summed E-state index contributed by atoms with van der Waals surface area (Å²) in [4.78, 5) is 14.9. The van der Waals surface area contributed by atoms with Crippen LogP contribution in [-0.2, 0) is 17.8 Å². The van der Waals surface area contributed by atoms with Crippen LogP contribution in [0.4, 0.5) is 4.39 Å². The van der Waals surface area contributed by atoms with Gasteiger partial charge in [0, 0.05) is 37.2 Å². The van der Waals surface area contributed by atoms with E-state index in [0.29, 0.717) is 6.42 Å². The van der Waals surface area contributed by atoms with Gasteiger partial charge < -0.3 is 10.1 Å². The molecule has 0 bridgehead atoms. The molecule has 2 aromatic carbocycles. The molecule has 0 aromatic heterocycles. The number of nitrogens with zero attached hydrogens (tertiary/aromatic N) is 1. The van der Waals surface area contributed by atoms with Crippen molar-refractivity contribution in [3.8, 4) is 5.75 Å². The Morgan fingerprint density at radius 1 is 1.21 bits per heavy atom. The van der Waals surface area contributed by atoms with Crippen molar-refractivity contribution in [1.82, 2.24) is 10.2 Å². The Morgan fingerprint density at radius 2 is 1.96 bits per heavy atom. The molecule has 4 nitrogen and oxygen atoms in total. The number of rotatable bonds is 7. The Morgan fingerprint density at radius 3 is 2.68 bits per heavy atom. The first-order chi connectivity index (χ1) is 13.5. The number of methoxy groups -OCH3 is 1. The zero-order chi connectivity index (χ0) is 19.9.